The van der Waals surface area contributed by atoms with Gasteiger partial charge in [-0.15, -0.1) is 0 Å². The van der Waals surface area contributed by atoms with Crippen molar-refractivity contribution in [1.82, 2.24) is 0 Å². The Hall–Kier alpha value is -2.01. The number of aromatic hydroxyl groups is 1. The Morgan fingerprint density at radius 3 is 2.72 bits per heavy atom. The molecule has 1 amide bonds. The number of carbonyl (C=O) groups excluding carboxylic acids is 1. The highest BCUT2D eigenvalue weighted by atomic mass is 79.9. The van der Waals surface area contributed by atoms with E-state index in [0.717, 1.165) is 4.47 Å². The van der Waals surface area contributed by atoms with E-state index in [1.165, 1.54) is 6.07 Å². The standard InChI is InChI=1S/C13H11BrN2O2/c14-8-4-5-12(17)11(6-8)13(18)16-10-3-1-2-9(15)7-10/h1-7,17H,15H2,(H,16,18). The number of benzene rings is 2. The highest BCUT2D eigenvalue weighted by molar-refractivity contribution is 9.10. The lowest BCUT2D eigenvalue weighted by molar-refractivity contribution is 0.102. The van der Waals surface area contributed by atoms with E-state index in [2.05, 4.69) is 21.2 Å². The number of phenolic OH excluding ortho intramolecular Hbond substituents is 1. The van der Waals surface area contributed by atoms with Crippen LogP contribution in [0.3, 0.4) is 0 Å². The highest BCUT2D eigenvalue weighted by Crippen LogP contribution is 2.23. The predicted octanol–water partition coefficient (Wildman–Crippen LogP) is 2.99. The van der Waals surface area contributed by atoms with Crippen LogP contribution in [0.4, 0.5) is 11.4 Å². The van der Waals surface area contributed by atoms with Gasteiger partial charge in [0.25, 0.3) is 5.91 Å². The molecule has 92 valence electrons. The second-order valence-electron chi connectivity index (χ2n) is 3.74. The first kappa shape index (κ1) is 12.4. The van der Waals surface area contributed by atoms with Gasteiger partial charge in [0.05, 0.1) is 5.56 Å². The molecule has 5 heteroatoms. The zero-order chi connectivity index (χ0) is 13.1. The predicted molar refractivity (Wildman–Crippen MR) is 74.6 cm³/mol. The van der Waals surface area contributed by atoms with Crippen LogP contribution in [0.15, 0.2) is 46.9 Å². The summed E-state index contributed by atoms with van der Waals surface area (Å²) < 4.78 is 0.720. The fourth-order valence-electron chi connectivity index (χ4n) is 1.50. The molecule has 4 nitrogen and oxygen atoms in total. The van der Waals surface area contributed by atoms with Crippen LogP contribution in [-0.4, -0.2) is 11.0 Å². The number of nitrogens with one attached hydrogen (secondary N) is 1. The van der Waals surface area contributed by atoms with Crippen molar-refractivity contribution >= 4 is 33.2 Å². The SMILES string of the molecule is Nc1cccc(NC(=O)c2cc(Br)ccc2O)c1. The Morgan fingerprint density at radius 1 is 1.22 bits per heavy atom. The Bertz CT molecular complexity index is 599. The highest BCUT2D eigenvalue weighted by Gasteiger charge is 2.11. The molecule has 0 fully saturated rings. The van der Waals surface area contributed by atoms with E-state index in [1.54, 1.807) is 36.4 Å². The third-order valence-electron chi connectivity index (χ3n) is 2.35. The topological polar surface area (TPSA) is 75.3 Å². The van der Waals surface area contributed by atoms with E-state index >= 15 is 0 Å². The molecule has 18 heavy (non-hydrogen) atoms. The van der Waals surface area contributed by atoms with Crippen molar-refractivity contribution in [3.05, 3.63) is 52.5 Å². The first-order valence-corrected chi connectivity index (χ1v) is 6.01. The van der Waals surface area contributed by atoms with E-state index in [9.17, 15) is 9.90 Å². The number of amides is 1. The van der Waals surface area contributed by atoms with Gasteiger partial charge in [0.1, 0.15) is 5.75 Å². The molecule has 4 N–H and O–H groups in total. The average molecular weight is 307 g/mol. The summed E-state index contributed by atoms with van der Waals surface area (Å²) in [6.45, 7) is 0. The number of halogens is 1. The largest absolute Gasteiger partial charge is 0.507 e. The molecule has 0 heterocycles. The Morgan fingerprint density at radius 2 is 2.00 bits per heavy atom. The van der Waals surface area contributed by atoms with Crippen molar-refractivity contribution in [2.75, 3.05) is 11.1 Å². The first-order chi connectivity index (χ1) is 8.56. The van der Waals surface area contributed by atoms with Crippen LogP contribution in [0.1, 0.15) is 10.4 Å². The second-order valence-corrected chi connectivity index (χ2v) is 4.66. The van der Waals surface area contributed by atoms with Crippen molar-refractivity contribution in [2.24, 2.45) is 0 Å². The minimum Gasteiger partial charge on any atom is -0.507 e. The minimum absolute atomic E-state index is 0.0698. The summed E-state index contributed by atoms with van der Waals surface area (Å²) in [7, 11) is 0. The summed E-state index contributed by atoms with van der Waals surface area (Å²) in [6.07, 6.45) is 0. The van der Waals surface area contributed by atoms with Gasteiger partial charge in [0.2, 0.25) is 0 Å². The van der Waals surface area contributed by atoms with Crippen molar-refractivity contribution in [2.45, 2.75) is 0 Å². The van der Waals surface area contributed by atoms with Gasteiger partial charge in [-0.05, 0) is 36.4 Å². The number of nitrogens with two attached hydrogens (primary N) is 1. The van der Waals surface area contributed by atoms with Crippen LogP contribution in [0.25, 0.3) is 0 Å². The van der Waals surface area contributed by atoms with Gasteiger partial charge in [0, 0.05) is 15.8 Å². The quantitative estimate of drug-likeness (QED) is 0.747. The number of phenols is 1. The summed E-state index contributed by atoms with van der Waals surface area (Å²) in [6, 6.07) is 11.5. The van der Waals surface area contributed by atoms with E-state index in [4.69, 9.17) is 5.73 Å². The van der Waals surface area contributed by atoms with Gasteiger partial charge in [0.15, 0.2) is 0 Å². The molecule has 2 aromatic rings. The molecular weight excluding hydrogens is 296 g/mol. The molecule has 0 aliphatic heterocycles. The molecule has 0 aliphatic rings. The molecule has 0 unspecified atom stereocenters. The number of anilines is 2. The lowest BCUT2D eigenvalue weighted by atomic mass is 10.2. The van der Waals surface area contributed by atoms with Crippen LogP contribution < -0.4 is 11.1 Å². The average Bonchev–Trinajstić information content (AvgIpc) is 2.32. The molecule has 0 saturated heterocycles. The fraction of sp³-hybridized carbons (Fsp3) is 0. The molecule has 0 saturated carbocycles. The molecule has 0 aliphatic carbocycles. The van der Waals surface area contributed by atoms with Gasteiger partial charge >= 0.3 is 0 Å². The lowest BCUT2D eigenvalue weighted by Crippen LogP contribution is -2.12. The van der Waals surface area contributed by atoms with Crippen LogP contribution in [0, 0.1) is 0 Å². The van der Waals surface area contributed by atoms with Crippen molar-refractivity contribution < 1.29 is 9.90 Å². The molecular formula is C13H11BrN2O2. The number of carbonyl (C=O) groups is 1. The maximum absolute atomic E-state index is 12.0. The Labute approximate surface area is 113 Å². The van der Waals surface area contributed by atoms with E-state index in [-0.39, 0.29) is 17.2 Å². The second kappa shape index (κ2) is 5.10. The first-order valence-electron chi connectivity index (χ1n) is 5.21. The molecule has 2 aromatic carbocycles. The Kier molecular flexibility index (Phi) is 3.53. The summed E-state index contributed by atoms with van der Waals surface area (Å²) in [4.78, 5) is 12.0. The van der Waals surface area contributed by atoms with Crippen LogP contribution in [0.5, 0.6) is 5.75 Å². The van der Waals surface area contributed by atoms with E-state index in [1.807, 2.05) is 0 Å². The molecule has 0 radical (unpaired) electrons. The summed E-state index contributed by atoms with van der Waals surface area (Å²) in [5.74, 6) is -0.459. The van der Waals surface area contributed by atoms with Gasteiger partial charge < -0.3 is 16.2 Å². The molecule has 0 atom stereocenters. The number of hydrogen-bond donors (Lipinski definition) is 3. The van der Waals surface area contributed by atoms with Crippen LogP contribution >= 0.6 is 15.9 Å². The van der Waals surface area contributed by atoms with Gasteiger partial charge in [-0.25, -0.2) is 0 Å². The van der Waals surface area contributed by atoms with Crippen LogP contribution in [0.2, 0.25) is 0 Å². The lowest BCUT2D eigenvalue weighted by Gasteiger charge is -2.07. The summed E-state index contributed by atoms with van der Waals surface area (Å²) in [5.41, 5.74) is 6.96. The van der Waals surface area contributed by atoms with Gasteiger partial charge in [-0.1, -0.05) is 22.0 Å². The smallest absolute Gasteiger partial charge is 0.259 e. The number of rotatable bonds is 2. The normalized spacial score (nSPS) is 10.1. The maximum Gasteiger partial charge on any atom is 0.259 e. The van der Waals surface area contributed by atoms with Crippen LogP contribution in [-0.2, 0) is 0 Å². The molecule has 2 rings (SSSR count). The Balaban J connectivity index is 2.24. The zero-order valence-corrected chi connectivity index (χ0v) is 10.9. The van der Waals surface area contributed by atoms with Gasteiger partial charge in [-0.3, -0.25) is 4.79 Å². The number of hydrogen-bond acceptors (Lipinski definition) is 3. The number of nitrogen functional groups attached to an aromatic ring is 1. The third kappa shape index (κ3) is 2.81. The van der Waals surface area contributed by atoms with Crippen molar-refractivity contribution in [3.63, 3.8) is 0 Å². The monoisotopic (exact) mass is 306 g/mol. The van der Waals surface area contributed by atoms with Crippen molar-refractivity contribution in [3.8, 4) is 5.75 Å². The van der Waals surface area contributed by atoms with E-state index < -0.39 is 0 Å². The molecule has 0 aromatic heterocycles. The van der Waals surface area contributed by atoms with Gasteiger partial charge in [-0.2, -0.15) is 0 Å². The summed E-state index contributed by atoms with van der Waals surface area (Å²) >= 11 is 3.25. The molecule has 0 spiro atoms. The van der Waals surface area contributed by atoms with Crippen molar-refractivity contribution in [1.29, 1.82) is 0 Å². The minimum atomic E-state index is -0.389. The molecule has 0 bridgehead atoms. The maximum atomic E-state index is 12.0. The fourth-order valence-corrected chi connectivity index (χ4v) is 1.87. The summed E-state index contributed by atoms with van der Waals surface area (Å²) in [5, 5.41) is 12.3. The zero-order valence-electron chi connectivity index (χ0n) is 9.35. The third-order valence-corrected chi connectivity index (χ3v) is 2.84. The van der Waals surface area contributed by atoms with E-state index in [0.29, 0.717) is 11.4 Å².